The highest BCUT2D eigenvalue weighted by Gasteiger charge is 2.33. The first-order chi connectivity index (χ1) is 24.1. The molecule has 1 aromatic heterocycles. The third kappa shape index (κ3) is 8.40. The SMILES string of the molecule is Cc1ccc(Cc2cccc(C(F)(F)F)c2)c(N2C(=O)CSC2=NC(=O)Nc2ccc(-c3ncn(-c4ccc(OC(F)(F)F)cc4)n3)cc2C)c1. The van der Waals surface area contributed by atoms with Gasteiger partial charge in [-0.05, 0) is 97.1 Å². The van der Waals surface area contributed by atoms with Crippen molar-refractivity contribution in [3.8, 4) is 22.8 Å². The number of carbonyl (C=O) groups excluding carboxylic acids is 2. The minimum Gasteiger partial charge on any atom is -0.406 e. The van der Waals surface area contributed by atoms with Crippen molar-refractivity contribution in [2.45, 2.75) is 32.8 Å². The number of amidine groups is 1. The third-order valence-electron chi connectivity index (χ3n) is 7.65. The lowest BCUT2D eigenvalue weighted by Gasteiger charge is -2.21. The summed E-state index contributed by atoms with van der Waals surface area (Å²) in [5.74, 6) is -0.366. The zero-order chi connectivity index (χ0) is 36.5. The number of carbonyl (C=O) groups is 2. The van der Waals surface area contributed by atoms with Crippen LogP contribution >= 0.6 is 11.8 Å². The van der Waals surface area contributed by atoms with Crippen molar-refractivity contribution in [2.24, 2.45) is 4.99 Å². The van der Waals surface area contributed by atoms with Crippen molar-refractivity contribution >= 4 is 40.2 Å². The Morgan fingerprint density at radius 3 is 2.43 bits per heavy atom. The number of nitrogens with zero attached hydrogens (tertiary/aromatic N) is 5. The Kier molecular flexibility index (Phi) is 9.62. The van der Waals surface area contributed by atoms with E-state index in [1.165, 1.54) is 34.1 Å². The van der Waals surface area contributed by atoms with E-state index in [2.05, 4.69) is 25.1 Å². The summed E-state index contributed by atoms with van der Waals surface area (Å²) in [7, 11) is 0. The maximum atomic E-state index is 13.3. The maximum absolute atomic E-state index is 13.3. The van der Waals surface area contributed by atoms with Crippen molar-refractivity contribution in [1.29, 1.82) is 0 Å². The molecule has 4 aromatic carbocycles. The summed E-state index contributed by atoms with van der Waals surface area (Å²) >= 11 is 1.07. The highest BCUT2D eigenvalue weighted by Crippen LogP contribution is 2.34. The number of alkyl halides is 6. The van der Waals surface area contributed by atoms with Crippen LogP contribution < -0.4 is 15.0 Å². The summed E-state index contributed by atoms with van der Waals surface area (Å²) in [5.41, 5.74) is 3.55. The summed E-state index contributed by atoms with van der Waals surface area (Å²) < 4.78 is 82.8. The summed E-state index contributed by atoms with van der Waals surface area (Å²) in [6.07, 6.45) is -7.80. The van der Waals surface area contributed by atoms with E-state index in [4.69, 9.17) is 0 Å². The minimum atomic E-state index is -4.81. The van der Waals surface area contributed by atoms with Gasteiger partial charge in [0.25, 0.3) is 0 Å². The van der Waals surface area contributed by atoms with Gasteiger partial charge in [-0.2, -0.15) is 18.2 Å². The average molecular weight is 725 g/mol. The van der Waals surface area contributed by atoms with Gasteiger partial charge in [0, 0.05) is 11.3 Å². The molecule has 0 radical (unpaired) electrons. The third-order valence-corrected chi connectivity index (χ3v) is 8.57. The predicted octanol–water partition coefficient (Wildman–Crippen LogP) is 8.73. The van der Waals surface area contributed by atoms with Crippen LogP contribution in [0.5, 0.6) is 5.75 Å². The second kappa shape index (κ2) is 13.9. The molecule has 1 N–H and O–H groups in total. The first-order valence-electron chi connectivity index (χ1n) is 15.1. The number of benzene rings is 4. The second-order valence-corrected chi connectivity index (χ2v) is 12.4. The van der Waals surface area contributed by atoms with Crippen LogP contribution in [-0.2, 0) is 17.4 Å². The van der Waals surface area contributed by atoms with E-state index in [0.29, 0.717) is 45.1 Å². The number of aliphatic imine (C=N–C) groups is 1. The molecule has 0 saturated carbocycles. The lowest BCUT2D eigenvalue weighted by molar-refractivity contribution is -0.274. The van der Waals surface area contributed by atoms with Crippen molar-refractivity contribution in [3.05, 3.63) is 119 Å². The Hall–Kier alpha value is -5.64. The first kappa shape index (κ1) is 35.2. The molecule has 9 nitrogen and oxygen atoms in total. The minimum absolute atomic E-state index is 0.0158. The largest absolute Gasteiger partial charge is 0.573 e. The van der Waals surface area contributed by atoms with Crippen LogP contribution in [0.1, 0.15) is 27.8 Å². The van der Waals surface area contributed by atoms with Gasteiger partial charge < -0.3 is 10.1 Å². The molecule has 51 heavy (non-hydrogen) atoms. The second-order valence-electron chi connectivity index (χ2n) is 11.4. The molecule has 6 rings (SSSR count). The number of amides is 3. The van der Waals surface area contributed by atoms with Crippen molar-refractivity contribution in [2.75, 3.05) is 16.0 Å². The number of hydrogen-bond acceptors (Lipinski definition) is 6. The molecule has 1 fully saturated rings. The van der Waals surface area contributed by atoms with Gasteiger partial charge >= 0.3 is 18.6 Å². The van der Waals surface area contributed by atoms with Crippen molar-refractivity contribution in [3.63, 3.8) is 0 Å². The monoisotopic (exact) mass is 724 g/mol. The Morgan fingerprint density at radius 2 is 1.73 bits per heavy atom. The van der Waals surface area contributed by atoms with Crippen LogP contribution in [0.4, 0.5) is 42.5 Å². The number of aromatic nitrogens is 3. The predicted molar refractivity (Wildman–Crippen MR) is 180 cm³/mol. The van der Waals surface area contributed by atoms with E-state index in [1.807, 2.05) is 6.92 Å². The van der Waals surface area contributed by atoms with E-state index in [9.17, 15) is 35.9 Å². The number of hydrogen-bond donors (Lipinski definition) is 1. The van der Waals surface area contributed by atoms with E-state index in [1.54, 1.807) is 49.4 Å². The van der Waals surface area contributed by atoms with E-state index in [-0.39, 0.29) is 29.0 Å². The van der Waals surface area contributed by atoms with Crippen LogP contribution in [0.15, 0.2) is 96.2 Å². The molecule has 16 heteroatoms. The Morgan fingerprint density at radius 1 is 0.961 bits per heavy atom. The molecular weight excluding hydrogens is 698 g/mol. The molecule has 0 unspecified atom stereocenters. The number of halogens is 6. The lowest BCUT2D eigenvalue weighted by Crippen LogP contribution is -2.31. The van der Waals surface area contributed by atoms with Gasteiger partial charge in [-0.3, -0.25) is 9.69 Å². The summed E-state index contributed by atoms with van der Waals surface area (Å²) in [6, 6.07) is 19.7. The van der Waals surface area contributed by atoms with Crippen LogP contribution in [0.25, 0.3) is 17.1 Å². The molecule has 0 aliphatic carbocycles. The van der Waals surface area contributed by atoms with Crippen molar-refractivity contribution in [1.82, 2.24) is 14.8 Å². The topological polar surface area (TPSA) is 102 Å². The maximum Gasteiger partial charge on any atom is 0.573 e. The fourth-order valence-corrected chi connectivity index (χ4v) is 6.14. The first-order valence-corrected chi connectivity index (χ1v) is 16.1. The van der Waals surface area contributed by atoms with Crippen LogP contribution in [0.2, 0.25) is 0 Å². The van der Waals surface area contributed by atoms with Gasteiger partial charge in [-0.1, -0.05) is 42.1 Å². The molecule has 262 valence electrons. The number of rotatable bonds is 7. The Bertz CT molecular complexity index is 2150. The van der Waals surface area contributed by atoms with Gasteiger partial charge in [-0.25, -0.2) is 14.5 Å². The average Bonchev–Trinajstić information content (AvgIpc) is 3.69. The smallest absolute Gasteiger partial charge is 0.406 e. The fourth-order valence-electron chi connectivity index (χ4n) is 5.28. The van der Waals surface area contributed by atoms with E-state index < -0.39 is 24.1 Å². The van der Waals surface area contributed by atoms with Crippen LogP contribution in [0.3, 0.4) is 0 Å². The fraction of sp³-hybridized carbons (Fsp3) is 0.171. The standard InChI is InChI=1S/C35H26F6N6O3S/c1-20-6-7-23(16-22-4-3-5-25(17-22)34(36,37)38)29(14-20)47-30(48)18-51-33(47)44-32(49)43-28-13-8-24(15-21(28)2)31-42-19-46(45-31)26-9-11-27(12-10-26)50-35(39,40)41/h3-15,17,19H,16,18H2,1-2H3,(H,43,49). The molecule has 0 atom stereocenters. The van der Waals surface area contributed by atoms with Gasteiger partial charge in [0.2, 0.25) is 5.91 Å². The Balaban J connectivity index is 1.18. The summed E-state index contributed by atoms with van der Waals surface area (Å²) in [5, 5.41) is 7.24. The van der Waals surface area contributed by atoms with E-state index in [0.717, 1.165) is 41.6 Å². The number of thioether (sulfide) groups is 1. The van der Waals surface area contributed by atoms with Gasteiger partial charge in [-0.15, -0.1) is 18.3 Å². The van der Waals surface area contributed by atoms with E-state index >= 15 is 0 Å². The molecule has 0 spiro atoms. The highest BCUT2D eigenvalue weighted by molar-refractivity contribution is 8.15. The molecule has 0 bridgehead atoms. The number of aryl methyl sites for hydroxylation is 2. The normalized spacial score (nSPS) is 14.3. The van der Waals surface area contributed by atoms with Gasteiger partial charge in [0.1, 0.15) is 12.1 Å². The summed E-state index contributed by atoms with van der Waals surface area (Å²) in [4.78, 5) is 36.0. The molecule has 3 amide bonds. The molecule has 1 aliphatic rings. The zero-order valence-corrected chi connectivity index (χ0v) is 27.5. The number of ether oxygens (including phenoxy) is 1. The number of nitrogens with one attached hydrogen (secondary N) is 1. The quantitative estimate of drug-likeness (QED) is 0.169. The molecular formula is C35H26F6N6O3S. The van der Waals surface area contributed by atoms with Gasteiger partial charge in [0.15, 0.2) is 11.0 Å². The van der Waals surface area contributed by atoms with Gasteiger partial charge in [0.05, 0.1) is 22.7 Å². The lowest BCUT2D eigenvalue weighted by atomic mass is 9.99. The zero-order valence-electron chi connectivity index (χ0n) is 26.7. The Labute approximate surface area is 291 Å². The van der Waals surface area contributed by atoms with Crippen molar-refractivity contribution < 1.29 is 40.7 Å². The number of urea groups is 1. The van der Waals surface area contributed by atoms with Crippen LogP contribution in [0, 0.1) is 13.8 Å². The molecule has 2 heterocycles. The molecule has 1 aliphatic heterocycles. The highest BCUT2D eigenvalue weighted by atomic mass is 32.2. The van der Waals surface area contributed by atoms with Crippen LogP contribution in [-0.4, -0.2) is 44.0 Å². The summed E-state index contributed by atoms with van der Waals surface area (Å²) in [6.45, 7) is 3.56. The molecule has 1 saturated heterocycles. The molecule has 5 aromatic rings. The number of anilines is 2.